The molecule has 1 saturated heterocycles. The van der Waals surface area contributed by atoms with Crippen molar-refractivity contribution in [3.05, 3.63) is 95.0 Å². The van der Waals surface area contributed by atoms with Crippen molar-refractivity contribution in [2.24, 2.45) is 0 Å². The Bertz CT molecular complexity index is 1520. The maximum atomic E-state index is 13.0. The van der Waals surface area contributed by atoms with Gasteiger partial charge < -0.3 is 4.98 Å². The van der Waals surface area contributed by atoms with E-state index in [1.165, 1.54) is 24.8 Å². The van der Waals surface area contributed by atoms with Crippen molar-refractivity contribution in [3.63, 3.8) is 0 Å². The minimum Gasteiger partial charge on any atom is -0.354 e. The maximum Gasteiger partial charge on any atom is 0.273 e. The van der Waals surface area contributed by atoms with E-state index in [0.29, 0.717) is 11.3 Å². The summed E-state index contributed by atoms with van der Waals surface area (Å²) in [5, 5.41) is 8.09. The Morgan fingerprint density at radius 3 is 2.46 bits per heavy atom. The second kappa shape index (κ2) is 9.31. The van der Waals surface area contributed by atoms with Gasteiger partial charge in [0.05, 0.1) is 17.0 Å². The predicted octanol–water partition coefficient (Wildman–Crippen LogP) is 5.63. The zero-order chi connectivity index (χ0) is 23.6. The molecule has 1 fully saturated rings. The molecule has 0 amide bonds. The number of rotatable bonds is 5. The van der Waals surface area contributed by atoms with E-state index in [9.17, 15) is 4.79 Å². The smallest absolute Gasteiger partial charge is 0.273 e. The number of benzene rings is 2. The van der Waals surface area contributed by atoms with E-state index in [2.05, 4.69) is 55.4 Å². The Labute approximate surface area is 203 Å². The number of H-pyrrole nitrogens is 2. The van der Waals surface area contributed by atoms with E-state index in [-0.39, 0.29) is 5.56 Å². The summed E-state index contributed by atoms with van der Waals surface area (Å²) in [4.78, 5) is 23.3. The summed E-state index contributed by atoms with van der Waals surface area (Å²) in [6.07, 6.45) is 7.33. The molecule has 0 aliphatic carbocycles. The van der Waals surface area contributed by atoms with Crippen LogP contribution >= 0.6 is 0 Å². The SMILES string of the molecule is O=c1[nH]nc(-c2ccncc2)cc1-c1[nH]c2cc(CN3CCCCC3)ccc2c1-c1ccccc1. The van der Waals surface area contributed by atoms with E-state index in [4.69, 9.17) is 0 Å². The predicted molar refractivity (Wildman–Crippen MR) is 140 cm³/mol. The first kappa shape index (κ1) is 21.5. The highest BCUT2D eigenvalue weighted by molar-refractivity contribution is 6.04. The Morgan fingerprint density at radius 1 is 0.857 bits per heavy atom. The third kappa shape index (κ3) is 4.29. The summed E-state index contributed by atoms with van der Waals surface area (Å²) in [5.41, 5.74) is 7.17. The first-order valence-corrected chi connectivity index (χ1v) is 12.2. The summed E-state index contributed by atoms with van der Waals surface area (Å²) < 4.78 is 0. The highest BCUT2D eigenvalue weighted by Gasteiger charge is 2.19. The molecule has 0 saturated carbocycles. The molecule has 0 atom stereocenters. The summed E-state index contributed by atoms with van der Waals surface area (Å²) >= 11 is 0. The number of fused-ring (bicyclic) bond motifs is 1. The van der Waals surface area contributed by atoms with Crippen LogP contribution in [0.15, 0.2) is 83.9 Å². The average Bonchev–Trinajstić information content (AvgIpc) is 3.29. The van der Waals surface area contributed by atoms with Crippen LogP contribution in [0.1, 0.15) is 24.8 Å². The average molecular weight is 462 g/mol. The van der Waals surface area contributed by atoms with Crippen LogP contribution in [-0.2, 0) is 6.54 Å². The minimum atomic E-state index is -0.222. The van der Waals surface area contributed by atoms with Gasteiger partial charge >= 0.3 is 0 Å². The summed E-state index contributed by atoms with van der Waals surface area (Å²) in [7, 11) is 0. The van der Waals surface area contributed by atoms with Gasteiger partial charge in [-0.15, -0.1) is 0 Å². The van der Waals surface area contributed by atoms with Gasteiger partial charge in [-0.2, -0.15) is 5.10 Å². The van der Waals surface area contributed by atoms with Crippen molar-refractivity contribution in [2.45, 2.75) is 25.8 Å². The van der Waals surface area contributed by atoms with Crippen molar-refractivity contribution in [1.82, 2.24) is 25.1 Å². The Morgan fingerprint density at radius 2 is 1.66 bits per heavy atom. The third-order valence-electron chi connectivity index (χ3n) is 6.83. The summed E-state index contributed by atoms with van der Waals surface area (Å²) in [6.45, 7) is 3.27. The molecule has 4 heterocycles. The van der Waals surface area contributed by atoms with Gasteiger partial charge in [0.25, 0.3) is 5.56 Å². The molecule has 0 spiro atoms. The molecule has 1 aliphatic heterocycles. The van der Waals surface area contributed by atoms with Crippen LogP contribution in [0.25, 0.3) is 44.5 Å². The van der Waals surface area contributed by atoms with Gasteiger partial charge in [0.15, 0.2) is 0 Å². The Balaban J connectivity index is 1.50. The van der Waals surface area contributed by atoms with Crippen molar-refractivity contribution >= 4 is 10.9 Å². The number of aromatic amines is 2. The molecule has 6 rings (SSSR count). The van der Waals surface area contributed by atoms with E-state index in [0.717, 1.165) is 52.9 Å². The number of hydrogen-bond acceptors (Lipinski definition) is 4. The quantitative estimate of drug-likeness (QED) is 0.355. The molecular formula is C29H27N5O. The third-order valence-corrected chi connectivity index (χ3v) is 6.83. The van der Waals surface area contributed by atoms with Gasteiger partial charge in [-0.1, -0.05) is 48.9 Å². The molecular weight excluding hydrogens is 434 g/mol. The molecule has 0 radical (unpaired) electrons. The summed E-state index contributed by atoms with van der Waals surface area (Å²) in [5.74, 6) is 0. The van der Waals surface area contributed by atoms with Crippen LogP contribution in [0.3, 0.4) is 0 Å². The topological polar surface area (TPSA) is 77.7 Å². The first-order chi connectivity index (χ1) is 17.3. The van der Waals surface area contributed by atoms with Gasteiger partial charge in [0.2, 0.25) is 0 Å². The number of likely N-dealkylation sites (tertiary alicyclic amines) is 1. The highest BCUT2D eigenvalue weighted by Crippen LogP contribution is 2.38. The largest absolute Gasteiger partial charge is 0.354 e. The Kier molecular flexibility index (Phi) is 5.72. The standard InChI is InChI=1S/C29H27N5O/c35-29-24(18-25(32-33-29)21-11-13-30-14-12-21)28-27(22-7-3-1-4-8-22)23-10-9-20(17-26(23)31-28)19-34-15-5-2-6-16-34/h1,3-4,7-14,17-18,31H,2,5-6,15-16,19H2,(H,33,35). The maximum absolute atomic E-state index is 13.0. The fraction of sp³-hybridized carbons (Fsp3) is 0.207. The molecule has 6 heteroatoms. The molecule has 6 nitrogen and oxygen atoms in total. The van der Waals surface area contributed by atoms with Crippen LogP contribution in [0.4, 0.5) is 0 Å². The number of aromatic nitrogens is 4. The van der Waals surface area contributed by atoms with Crippen molar-refractivity contribution < 1.29 is 0 Å². The molecule has 5 aromatic rings. The molecule has 2 N–H and O–H groups in total. The molecule has 0 bridgehead atoms. The van der Waals surface area contributed by atoms with E-state index in [1.807, 2.05) is 36.4 Å². The zero-order valence-electron chi connectivity index (χ0n) is 19.5. The van der Waals surface area contributed by atoms with Crippen LogP contribution in [0.2, 0.25) is 0 Å². The number of nitrogens with one attached hydrogen (secondary N) is 2. The second-order valence-corrected chi connectivity index (χ2v) is 9.19. The van der Waals surface area contributed by atoms with Crippen molar-refractivity contribution in [2.75, 3.05) is 13.1 Å². The second-order valence-electron chi connectivity index (χ2n) is 9.19. The van der Waals surface area contributed by atoms with Crippen LogP contribution in [0.5, 0.6) is 0 Å². The molecule has 1 aliphatic rings. The van der Waals surface area contributed by atoms with Crippen molar-refractivity contribution in [1.29, 1.82) is 0 Å². The fourth-order valence-electron chi connectivity index (χ4n) is 5.09. The Hall–Kier alpha value is -4.03. The van der Waals surface area contributed by atoms with E-state index in [1.54, 1.807) is 12.4 Å². The van der Waals surface area contributed by atoms with Gasteiger partial charge in [-0.3, -0.25) is 14.7 Å². The zero-order valence-corrected chi connectivity index (χ0v) is 19.5. The number of hydrogen-bond donors (Lipinski definition) is 2. The van der Waals surface area contributed by atoms with Gasteiger partial charge in [-0.05, 0) is 61.3 Å². The van der Waals surface area contributed by atoms with Crippen LogP contribution < -0.4 is 5.56 Å². The lowest BCUT2D eigenvalue weighted by Gasteiger charge is -2.26. The van der Waals surface area contributed by atoms with Gasteiger partial charge in [0.1, 0.15) is 0 Å². The van der Waals surface area contributed by atoms with Crippen LogP contribution in [-0.4, -0.2) is 38.2 Å². The molecule has 35 heavy (non-hydrogen) atoms. The lowest BCUT2D eigenvalue weighted by Crippen LogP contribution is -2.29. The molecule has 2 aromatic carbocycles. The highest BCUT2D eigenvalue weighted by atomic mass is 16.1. The number of pyridine rings is 1. The molecule has 0 unspecified atom stereocenters. The van der Waals surface area contributed by atoms with E-state index >= 15 is 0 Å². The molecule has 3 aromatic heterocycles. The summed E-state index contributed by atoms with van der Waals surface area (Å²) in [6, 6.07) is 22.5. The van der Waals surface area contributed by atoms with Gasteiger partial charge in [-0.25, -0.2) is 5.10 Å². The lowest BCUT2D eigenvalue weighted by atomic mass is 9.98. The normalized spacial score (nSPS) is 14.4. The lowest BCUT2D eigenvalue weighted by molar-refractivity contribution is 0.221. The van der Waals surface area contributed by atoms with E-state index < -0.39 is 0 Å². The number of piperidine rings is 1. The van der Waals surface area contributed by atoms with Crippen molar-refractivity contribution in [3.8, 4) is 33.6 Å². The monoisotopic (exact) mass is 461 g/mol. The number of nitrogens with zero attached hydrogens (tertiary/aromatic N) is 3. The fourth-order valence-corrected chi connectivity index (χ4v) is 5.09. The van der Waals surface area contributed by atoms with Crippen LogP contribution in [0, 0.1) is 0 Å². The molecule has 174 valence electrons. The van der Waals surface area contributed by atoms with Gasteiger partial charge in [0, 0.05) is 41.0 Å². The minimum absolute atomic E-state index is 0.222. The first-order valence-electron chi connectivity index (χ1n) is 12.2.